The van der Waals surface area contributed by atoms with E-state index in [4.69, 9.17) is 5.73 Å². The van der Waals surface area contributed by atoms with Crippen molar-refractivity contribution < 1.29 is 9.72 Å². The summed E-state index contributed by atoms with van der Waals surface area (Å²) >= 11 is 0. The van der Waals surface area contributed by atoms with Gasteiger partial charge in [-0.15, -0.1) is 0 Å². The molecule has 1 aromatic rings. The molecule has 0 radical (unpaired) electrons. The maximum absolute atomic E-state index is 11.6. The van der Waals surface area contributed by atoms with Gasteiger partial charge in [-0.25, -0.2) is 0 Å². The summed E-state index contributed by atoms with van der Waals surface area (Å²) in [5.41, 5.74) is 6.10. The average molecular weight is 251 g/mol. The third kappa shape index (κ3) is 4.14. The molecule has 6 nitrogen and oxygen atoms in total. The van der Waals surface area contributed by atoms with Gasteiger partial charge >= 0.3 is 0 Å². The third-order valence-corrected chi connectivity index (χ3v) is 2.64. The Morgan fingerprint density at radius 2 is 2.28 bits per heavy atom. The molecule has 0 spiro atoms. The number of amides is 1. The summed E-state index contributed by atoms with van der Waals surface area (Å²) in [4.78, 5) is 21.8. The van der Waals surface area contributed by atoms with Crippen LogP contribution in [0.25, 0.3) is 0 Å². The summed E-state index contributed by atoms with van der Waals surface area (Å²) in [6.07, 6.45) is 0.626. The van der Waals surface area contributed by atoms with Crippen LogP contribution in [-0.4, -0.2) is 17.4 Å². The standard InChI is InChI=1S/C12H17N3O3/c1-9(5-6-13)12(16)14-8-10-3-2-4-11(7-10)15(17)18/h2-4,7,9H,5-6,8,13H2,1H3,(H,14,16). The number of non-ortho nitro benzene ring substituents is 1. The molecule has 0 bridgehead atoms. The fourth-order valence-corrected chi connectivity index (χ4v) is 1.52. The molecular formula is C12H17N3O3. The van der Waals surface area contributed by atoms with Crippen molar-refractivity contribution in [2.75, 3.05) is 6.54 Å². The van der Waals surface area contributed by atoms with Gasteiger partial charge in [0.25, 0.3) is 5.69 Å². The summed E-state index contributed by atoms with van der Waals surface area (Å²) in [5.74, 6) is -0.236. The SMILES string of the molecule is CC(CCN)C(=O)NCc1cccc([N+](=O)[O-])c1. The lowest BCUT2D eigenvalue weighted by Gasteiger charge is -2.10. The predicted octanol–water partition coefficient (Wildman–Crippen LogP) is 1.20. The molecule has 0 fully saturated rings. The second kappa shape index (κ2) is 6.70. The smallest absolute Gasteiger partial charge is 0.269 e. The van der Waals surface area contributed by atoms with Crippen LogP contribution >= 0.6 is 0 Å². The van der Waals surface area contributed by atoms with Crippen LogP contribution in [0.5, 0.6) is 0 Å². The molecular weight excluding hydrogens is 234 g/mol. The molecule has 1 atom stereocenters. The summed E-state index contributed by atoms with van der Waals surface area (Å²) < 4.78 is 0. The molecule has 18 heavy (non-hydrogen) atoms. The molecule has 3 N–H and O–H groups in total. The molecule has 98 valence electrons. The number of nitrogens with one attached hydrogen (secondary N) is 1. The van der Waals surface area contributed by atoms with Gasteiger partial charge in [0.1, 0.15) is 0 Å². The van der Waals surface area contributed by atoms with E-state index in [1.54, 1.807) is 19.1 Å². The van der Waals surface area contributed by atoms with Gasteiger partial charge in [0.2, 0.25) is 5.91 Å². The lowest BCUT2D eigenvalue weighted by Crippen LogP contribution is -2.29. The molecule has 1 aromatic carbocycles. The highest BCUT2D eigenvalue weighted by atomic mass is 16.6. The minimum absolute atomic E-state index is 0.0248. The summed E-state index contributed by atoms with van der Waals surface area (Å²) in [5, 5.41) is 13.3. The number of nitrogens with zero attached hydrogens (tertiary/aromatic N) is 1. The van der Waals surface area contributed by atoms with E-state index in [2.05, 4.69) is 5.32 Å². The number of hydrogen-bond donors (Lipinski definition) is 2. The van der Waals surface area contributed by atoms with E-state index < -0.39 is 4.92 Å². The molecule has 1 rings (SSSR count). The Hall–Kier alpha value is -1.95. The van der Waals surface area contributed by atoms with Gasteiger partial charge in [0, 0.05) is 24.6 Å². The highest BCUT2D eigenvalue weighted by Gasteiger charge is 2.12. The van der Waals surface area contributed by atoms with Gasteiger partial charge < -0.3 is 11.1 Å². The van der Waals surface area contributed by atoms with Crippen molar-refractivity contribution in [1.82, 2.24) is 5.32 Å². The maximum atomic E-state index is 11.6. The number of benzene rings is 1. The first-order valence-electron chi connectivity index (χ1n) is 5.75. The maximum Gasteiger partial charge on any atom is 0.269 e. The number of rotatable bonds is 6. The summed E-state index contributed by atoms with van der Waals surface area (Å²) in [6.45, 7) is 2.55. The van der Waals surface area contributed by atoms with Crippen molar-refractivity contribution in [3.63, 3.8) is 0 Å². The third-order valence-electron chi connectivity index (χ3n) is 2.64. The van der Waals surface area contributed by atoms with E-state index >= 15 is 0 Å². The second-order valence-electron chi connectivity index (χ2n) is 4.12. The van der Waals surface area contributed by atoms with Crippen molar-refractivity contribution in [2.24, 2.45) is 11.7 Å². The quantitative estimate of drug-likeness (QED) is 0.586. The Balaban J connectivity index is 2.55. The Kier molecular flexibility index (Phi) is 5.26. The number of hydrogen-bond acceptors (Lipinski definition) is 4. The first-order chi connectivity index (χ1) is 8.54. The largest absolute Gasteiger partial charge is 0.352 e. The van der Waals surface area contributed by atoms with E-state index in [0.717, 1.165) is 0 Å². The minimum Gasteiger partial charge on any atom is -0.352 e. The van der Waals surface area contributed by atoms with Crippen LogP contribution < -0.4 is 11.1 Å². The van der Waals surface area contributed by atoms with Crippen molar-refractivity contribution in [3.8, 4) is 0 Å². The van der Waals surface area contributed by atoms with Gasteiger partial charge in [-0.3, -0.25) is 14.9 Å². The Morgan fingerprint density at radius 1 is 1.56 bits per heavy atom. The first-order valence-corrected chi connectivity index (χ1v) is 5.75. The normalized spacial score (nSPS) is 11.9. The van der Waals surface area contributed by atoms with Crippen molar-refractivity contribution in [3.05, 3.63) is 39.9 Å². The highest BCUT2D eigenvalue weighted by Crippen LogP contribution is 2.13. The van der Waals surface area contributed by atoms with Gasteiger partial charge in [-0.1, -0.05) is 19.1 Å². The molecule has 0 aliphatic rings. The molecule has 0 saturated carbocycles. The zero-order valence-corrected chi connectivity index (χ0v) is 10.3. The number of nitrogens with two attached hydrogens (primary N) is 1. The van der Waals surface area contributed by atoms with E-state index in [-0.39, 0.29) is 24.1 Å². The van der Waals surface area contributed by atoms with Crippen molar-refractivity contribution >= 4 is 11.6 Å². The fraction of sp³-hybridized carbons (Fsp3) is 0.417. The zero-order chi connectivity index (χ0) is 13.5. The lowest BCUT2D eigenvalue weighted by molar-refractivity contribution is -0.384. The van der Waals surface area contributed by atoms with Gasteiger partial charge in [-0.2, -0.15) is 0 Å². The second-order valence-corrected chi connectivity index (χ2v) is 4.12. The van der Waals surface area contributed by atoms with Crippen molar-refractivity contribution in [1.29, 1.82) is 0 Å². The molecule has 0 heterocycles. The molecule has 0 aromatic heterocycles. The van der Waals surface area contributed by atoms with Gasteiger partial charge in [0.15, 0.2) is 0 Å². The van der Waals surface area contributed by atoms with E-state index in [0.29, 0.717) is 18.5 Å². The first kappa shape index (κ1) is 14.1. The molecule has 0 saturated heterocycles. The topological polar surface area (TPSA) is 98.3 Å². The van der Waals surface area contributed by atoms with Gasteiger partial charge in [0.05, 0.1) is 4.92 Å². The van der Waals surface area contributed by atoms with E-state index in [9.17, 15) is 14.9 Å². The number of nitro groups is 1. The monoisotopic (exact) mass is 251 g/mol. The van der Waals surface area contributed by atoms with Crippen LogP contribution in [0.4, 0.5) is 5.69 Å². The van der Waals surface area contributed by atoms with Crippen LogP contribution in [0.15, 0.2) is 24.3 Å². The zero-order valence-electron chi connectivity index (χ0n) is 10.3. The van der Waals surface area contributed by atoms with Crippen LogP contribution in [0.1, 0.15) is 18.9 Å². The van der Waals surface area contributed by atoms with E-state index in [1.807, 2.05) is 0 Å². The number of nitro benzene ring substituents is 1. The summed E-state index contributed by atoms with van der Waals surface area (Å²) in [7, 11) is 0. The van der Waals surface area contributed by atoms with Crippen LogP contribution in [0.2, 0.25) is 0 Å². The highest BCUT2D eigenvalue weighted by molar-refractivity contribution is 5.78. The van der Waals surface area contributed by atoms with E-state index in [1.165, 1.54) is 12.1 Å². The lowest BCUT2D eigenvalue weighted by atomic mass is 10.1. The Labute approximate surface area is 105 Å². The molecule has 0 aliphatic carbocycles. The molecule has 1 unspecified atom stereocenters. The van der Waals surface area contributed by atoms with Crippen LogP contribution in [-0.2, 0) is 11.3 Å². The Bertz CT molecular complexity index is 434. The fourth-order valence-electron chi connectivity index (χ4n) is 1.52. The predicted molar refractivity (Wildman–Crippen MR) is 67.8 cm³/mol. The summed E-state index contributed by atoms with van der Waals surface area (Å²) in [6, 6.07) is 6.21. The van der Waals surface area contributed by atoms with Crippen molar-refractivity contribution in [2.45, 2.75) is 19.9 Å². The average Bonchev–Trinajstić information content (AvgIpc) is 2.36. The molecule has 0 aliphatic heterocycles. The Morgan fingerprint density at radius 3 is 2.89 bits per heavy atom. The molecule has 6 heteroatoms. The minimum atomic E-state index is -0.456. The van der Waals surface area contributed by atoms with Gasteiger partial charge in [-0.05, 0) is 18.5 Å². The number of carbonyl (C=O) groups is 1. The number of carbonyl (C=O) groups excluding carboxylic acids is 1. The van der Waals surface area contributed by atoms with Crippen LogP contribution in [0, 0.1) is 16.0 Å². The molecule has 1 amide bonds. The van der Waals surface area contributed by atoms with Crippen LogP contribution in [0.3, 0.4) is 0 Å².